The number of hydrogen-bond donors (Lipinski definition) is 1. The molecular formula is C12H12N4O4S. The maximum atomic E-state index is 12.2. The van der Waals surface area contributed by atoms with Gasteiger partial charge < -0.3 is 4.74 Å². The van der Waals surface area contributed by atoms with E-state index >= 15 is 0 Å². The average Bonchev–Trinajstić information content (AvgIpc) is 2.48. The lowest BCUT2D eigenvalue weighted by atomic mass is 10.4. The molecule has 2 aromatic heterocycles. The van der Waals surface area contributed by atoms with Crippen LogP contribution in [0.5, 0.6) is 5.88 Å². The summed E-state index contributed by atoms with van der Waals surface area (Å²) in [7, 11) is -4.12. The highest BCUT2D eigenvalue weighted by Gasteiger charge is 2.24. The van der Waals surface area contributed by atoms with Gasteiger partial charge in [0.15, 0.2) is 5.69 Å². The summed E-state index contributed by atoms with van der Waals surface area (Å²) in [6, 6.07) is 5.56. The van der Waals surface area contributed by atoms with E-state index in [4.69, 9.17) is 4.74 Å². The van der Waals surface area contributed by atoms with Crippen LogP contribution in [0.3, 0.4) is 0 Å². The van der Waals surface area contributed by atoms with Crippen LogP contribution in [0.2, 0.25) is 0 Å². The highest BCUT2D eigenvalue weighted by molar-refractivity contribution is 7.90. The molecule has 0 aliphatic heterocycles. The fourth-order valence-corrected chi connectivity index (χ4v) is 2.54. The van der Waals surface area contributed by atoms with E-state index in [1.165, 1.54) is 36.7 Å². The number of ether oxygens (including phenoxy) is 1. The molecule has 0 aromatic carbocycles. The zero-order valence-corrected chi connectivity index (χ0v) is 11.9. The fraction of sp³-hybridized carbons (Fsp3) is 0.167. The largest absolute Gasteiger partial charge is 0.477 e. The van der Waals surface area contributed by atoms with Gasteiger partial charge in [-0.2, -0.15) is 5.10 Å². The van der Waals surface area contributed by atoms with Gasteiger partial charge in [-0.05, 0) is 31.2 Å². The molecule has 1 N–H and O–H groups in total. The average molecular weight is 308 g/mol. The van der Waals surface area contributed by atoms with E-state index in [0.29, 0.717) is 0 Å². The predicted octanol–water partition coefficient (Wildman–Crippen LogP) is 0.389. The van der Waals surface area contributed by atoms with Gasteiger partial charge in [-0.15, -0.1) is 5.10 Å². The molecule has 0 atom stereocenters. The third-order valence-corrected chi connectivity index (χ3v) is 3.68. The molecule has 0 radical (unpaired) electrons. The Bertz CT molecular complexity index is 734. The number of rotatable bonds is 5. The van der Waals surface area contributed by atoms with Crippen LogP contribution in [0, 0.1) is 0 Å². The van der Waals surface area contributed by atoms with E-state index in [1.807, 2.05) is 4.72 Å². The number of hydrogen-bond acceptors (Lipinski definition) is 7. The van der Waals surface area contributed by atoms with Crippen LogP contribution in [0.15, 0.2) is 41.6 Å². The molecule has 0 saturated heterocycles. The van der Waals surface area contributed by atoms with E-state index in [0.717, 1.165) is 0 Å². The summed E-state index contributed by atoms with van der Waals surface area (Å²) in [5.41, 5.74) is -0.108. The zero-order valence-electron chi connectivity index (χ0n) is 11.1. The van der Waals surface area contributed by atoms with Gasteiger partial charge in [0.05, 0.1) is 6.61 Å². The van der Waals surface area contributed by atoms with E-state index in [1.54, 1.807) is 6.92 Å². The second-order valence-corrected chi connectivity index (χ2v) is 5.43. The minimum atomic E-state index is -4.12. The van der Waals surface area contributed by atoms with Gasteiger partial charge in [0.1, 0.15) is 4.90 Å². The summed E-state index contributed by atoms with van der Waals surface area (Å²) in [5, 5.41) is 7.05. The van der Waals surface area contributed by atoms with Crippen LogP contribution in [-0.4, -0.2) is 36.1 Å². The second kappa shape index (κ2) is 6.27. The monoisotopic (exact) mass is 308 g/mol. The quantitative estimate of drug-likeness (QED) is 0.850. The van der Waals surface area contributed by atoms with Crippen LogP contribution in [0.4, 0.5) is 0 Å². The summed E-state index contributed by atoms with van der Waals surface area (Å²) in [6.07, 6.45) is 2.77. The van der Waals surface area contributed by atoms with Gasteiger partial charge in [0, 0.05) is 12.4 Å². The van der Waals surface area contributed by atoms with Crippen LogP contribution >= 0.6 is 0 Å². The number of amides is 1. The van der Waals surface area contributed by atoms with Crippen molar-refractivity contribution in [1.82, 2.24) is 19.9 Å². The van der Waals surface area contributed by atoms with Gasteiger partial charge in [0.2, 0.25) is 5.88 Å². The number of nitrogens with one attached hydrogen (secondary N) is 1. The van der Waals surface area contributed by atoms with Crippen molar-refractivity contribution in [2.45, 2.75) is 11.8 Å². The van der Waals surface area contributed by atoms with Crippen molar-refractivity contribution in [3.05, 3.63) is 42.4 Å². The molecule has 21 heavy (non-hydrogen) atoms. The Morgan fingerprint density at radius 1 is 1.29 bits per heavy atom. The van der Waals surface area contributed by atoms with Gasteiger partial charge in [0.25, 0.3) is 15.9 Å². The topological polar surface area (TPSA) is 111 Å². The van der Waals surface area contributed by atoms with Crippen LogP contribution in [0.1, 0.15) is 17.4 Å². The Morgan fingerprint density at radius 2 is 2.05 bits per heavy atom. The Hall–Kier alpha value is -2.55. The molecule has 8 nitrogen and oxygen atoms in total. The fourth-order valence-electron chi connectivity index (χ4n) is 1.48. The van der Waals surface area contributed by atoms with Crippen molar-refractivity contribution in [3.8, 4) is 5.88 Å². The van der Waals surface area contributed by atoms with E-state index in [2.05, 4.69) is 15.2 Å². The van der Waals surface area contributed by atoms with Gasteiger partial charge in [-0.1, -0.05) is 0 Å². The van der Waals surface area contributed by atoms with E-state index < -0.39 is 15.9 Å². The summed E-state index contributed by atoms with van der Waals surface area (Å²) >= 11 is 0. The molecule has 0 bridgehead atoms. The zero-order chi connectivity index (χ0) is 15.3. The maximum Gasteiger partial charge on any atom is 0.285 e. The third kappa shape index (κ3) is 3.51. The molecule has 0 saturated carbocycles. The summed E-state index contributed by atoms with van der Waals surface area (Å²) < 4.78 is 31.5. The van der Waals surface area contributed by atoms with Crippen molar-refractivity contribution >= 4 is 15.9 Å². The predicted molar refractivity (Wildman–Crippen MR) is 72.1 cm³/mol. The first kappa shape index (κ1) is 14.9. The first-order valence-corrected chi connectivity index (χ1v) is 7.45. The van der Waals surface area contributed by atoms with E-state index in [9.17, 15) is 13.2 Å². The molecule has 1 amide bonds. The van der Waals surface area contributed by atoms with Gasteiger partial charge >= 0.3 is 0 Å². The molecule has 0 fully saturated rings. The molecule has 110 valence electrons. The number of carbonyl (C=O) groups is 1. The lowest BCUT2D eigenvalue weighted by Gasteiger charge is -2.10. The third-order valence-electron chi connectivity index (χ3n) is 2.34. The minimum Gasteiger partial charge on any atom is -0.477 e. The molecular weight excluding hydrogens is 296 g/mol. The van der Waals surface area contributed by atoms with Crippen molar-refractivity contribution in [2.24, 2.45) is 0 Å². The van der Waals surface area contributed by atoms with Gasteiger partial charge in [-0.3, -0.25) is 4.79 Å². The molecule has 0 spiro atoms. The molecule has 0 aliphatic rings. The first-order chi connectivity index (χ1) is 10.0. The van der Waals surface area contributed by atoms with Crippen molar-refractivity contribution in [3.63, 3.8) is 0 Å². The molecule has 2 aromatic rings. The Labute approximate surface area is 121 Å². The van der Waals surface area contributed by atoms with Gasteiger partial charge in [-0.25, -0.2) is 18.1 Å². The highest BCUT2D eigenvalue weighted by Crippen LogP contribution is 2.20. The first-order valence-electron chi connectivity index (χ1n) is 5.97. The summed E-state index contributed by atoms with van der Waals surface area (Å²) in [4.78, 5) is 15.5. The Kier molecular flexibility index (Phi) is 4.43. The van der Waals surface area contributed by atoms with Crippen LogP contribution in [0.25, 0.3) is 0 Å². The smallest absolute Gasteiger partial charge is 0.285 e. The number of aromatic nitrogens is 3. The molecule has 2 rings (SSSR count). The molecule has 0 unspecified atom stereocenters. The number of sulfonamides is 1. The Balaban J connectivity index is 2.29. The summed E-state index contributed by atoms with van der Waals surface area (Å²) in [5.74, 6) is -0.950. The Morgan fingerprint density at radius 3 is 2.71 bits per heavy atom. The standard InChI is InChI=1S/C12H12N4O4S/c1-2-20-12-10(6-4-7-13-12)21(18,19)16-11(17)9-5-3-8-14-15-9/h3-8H,2H2,1H3,(H,16,17). The number of pyridine rings is 1. The van der Waals surface area contributed by atoms with Crippen molar-refractivity contribution in [2.75, 3.05) is 6.61 Å². The van der Waals surface area contributed by atoms with Crippen LogP contribution in [-0.2, 0) is 10.0 Å². The van der Waals surface area contributed by atoms with Crippen LogP contribution < -0.4 is 9.46 Å². The molecule has 2 heterocycles. The highest BCUT2D eigenvalue weighted by atomic mass is 32.2. The number of carbonyl (C=O) groups excluding carboxylic acids is 1. The second-order valence-electron chi connectivity index (χ2n) is 3.78. The maximum absolute atomic E-state index is 12.2. The van der Waals surface area contributed by atoms with E-state index in [-0.39, 0.29) is 23.1 Å². The molecule has 9 heteroatoms. The van der Waals surface area contributed by atoms with Crippen molar-refractivity contribution < 1.29 is 17.9 Å². The molecule has 0 aliphatic carbocycles. The minimum absolute atomic E-state index is 0.0700. The van der Waals surface area contributed by atoms with Crippen molar-refractivity contribution in [1.29, 1.82) is 0 Å². The summed E-state index contributed by atoms with van der Waals surface area (Å²) in [6.45, 7) is 1.95. The lowest BCUT2D eigenvalue weighted by molar-refractivity contribution is 0.0975. The lowest BCUT2D eigenvalue weighted by Crippen LogP contribution is -2.31. The normalized spacial score (nSPS) is 10.9. The number of nitrogens with zero attached hydrogens (tertiary/aromatic N) is 3. The SMILES string of the molecule is CCOc1ncccc1S(=O)(=O)NC(=O)c1cccnn1.